The molecule has 1 atom stereocenters. The molecular formula is C11H12N4O2. The number of anilines is 1. The maximum Gasteiger partial charge on any atom is 0.404 e. The molecule has 2 rings (SSSR count). The number of amides is 1. The molecule has 1 aromatic rings. The van der Waals surface area contributed by atoms with Crippen LogP contribution in [0, 0.1) is 11.3 Å². The summed E-state index contributed by atoms with van der Waals surface area (Å²) in [5.74, 6) is 0.777. The fourth-order valence-electron chi connectivity index (χ4n) is 1.90. The molecule has 6 heteroatoms. The molecule has 1 amide bonds. The molecule has 1 aliphatic heterocycles. The first-order valence-corrected chi connectivity index (χ1v) is 5.29. The van der Waals surface area contributed by atoms with Crippen LogP contribution in [0.3, 0.4) is 0 Å². The number of nitrogens with zero attached hydrogens (tertiary/aromatic N) is 3. The summed E-state index contributed by atoms with van der Waals surface area (Å²) in [5, 5.41) is 19.7. The number of hydrogen-bond donors (Lipinski definition) is 2. The molecule has 88 valence electrons. The largest absolute Gasteiger partial charge is 0.465 e. The molecule has 0 aromatic carbocycles. The van der Waals surface area contributed by atoms with Gasteiger partial charge in [-0.3, -0.25) is 0 Å². The van der Waals surface area contributed by atoms with Crippen molar-refractivity contribution in [3.8, 4) is 6.07 Å². The monoisotopic (exact) mass is 232 g/mol. The van der Waals surface area contributed by atoms with E-state index in [-0.39, 0.29) is 6.04 Å². The number of pyridine rings is 1. The summed E-state index contributed by atoms with van der Waals surface area (Å²) in [6.07, 6.45) is 1.30. The number of carbonyl (C=O) groups is 1. The summed E-state index contributed by atoms with van der Waals surface area (Å²) in [6, 6.07) is 5.45. The molecule has 0 bridgehead atoms. The highest BCUT2D eigenvalue weighted by molar-refractivity contribution is 5.65. The van der Waals surface area contributed by atoms with Crippen LogP contribution < -0.4 is 10.2 Å². The molecule has 0 spiro atoms. The van der Waals surface area contributed by atoms with E-state index in [9.17, 15) is 4.79 Å². The Morgan fingerprint density at radius 3 is 3.06 bits per heavy atom. The number of carboxylic acid groups (broad SMARTS) is 1. The van der Waals surface area contributed by atoms with Crippen molar-refractivity contribution in [1.82, 2.24) is 10.3 Å². The van der Waals surface area contributed by atoms with Crippen molar-refractivity contribution in [3.05, 3.63) is 23.9 Å². The number of rotatable bonds is 2. The van der Waals surface area contributed by atoms with E-state index >= 15 is 0 Å². The van der Waals surface area contributed by atoms with Crippen LogP contribution in [-0.2, 0) is 0 Å². The Labute approximate surface area is 98.5 Å². The smallest absolute Gasteiger partial charge is 0.404 e. The second kappa shape index (κ2) is 4.70. The van der Waals surface area contributed by atoms with Crippen molar-refractivity contribution in [3.63, 3.8) is 0 Å². The summed E-state index contributed by atoms with van der Waals surface area (Å²) >= 11 is 0. The minimum Gasteiger partial charge on any atom is -0.465 e. The van der Waals surface area contributed by atoms with Gasteiger partial charge in [0.25, 0.3) is 0 Å². The van der Waals surface area contributed by atoms with E-state index in [1.807, 2.05) is 11.0 Å². The second-order valence-electron chi connectivity index (χ2n) is 3.90. The maximum atomic E-state index is 10.5. The van der Waals surface area contributed by atoms with Gasteiger partial charge in [0.05, 0.1) is 11.6 Å². The third-order valence-corrected chi connectivity index (χ3v) is 2.72. The van der Waals surface area contributed by atoms with Crippen molar-refractivity contribution < 1.29 is 9.90 Å². The highest BCUT2D eigenvalue weighted by Gasteiger charge is 2.24. The van der Waals surface area contributed by atoms with E-state index in [1.54, 1.807) is 12.1 Å². The van der Waals surface area contributed by atoms with Gasteiger partial charge in [0.15, 0.2) is 0 Å². The molecule has 1 aliphatic rings. The number of aromatic nitrogens is 1. The van der Waals surface area contributed by atoms with Crippen molar-refractivity contribution in [1.29, 1.82) is 5.26 Å². The zero-order chi connectivity index (χ0) is 12.3. The van der Waals surface area contributed by atoms with E-state index < -0.39 is 6.09 Å². The molecule has 2 heterocycles. The summed E-state index contributed by atoms with van der Waals surface area (Å²) in [4.78, 5) is 16.7. The van der Waals surface area contributed by atoms with E-state index in [2.05, 4.69) is 10.3 Å². The first-order chi connectivity index (χ1) is 8.19. The normalized spacial score (nSPS) is 18.8. The van der Waals surface area contributed by atoms with Gasteiger partial charge in [-0.25, -0.2) is 9.78 Å². The predicted octanol–water partition coefficient (Wildman–Crippen LogP) is 0.800. The molecule has 1 unspecified atom stereocenters. The van der Waals surface area contributed by atoms with Crippen LogP contribution in [-0.4, -0.2) is 35.3 Å². The lowest BCUT2D eigenvalue weighted by atomic mass is 10.3. The van der Waals surface area contributed by atoms with Crippen molar-refractivity contribution in [2.45, 2.75) is 12.5 Å². The van der Waals surface area contributed by atoms with Crippen LogP contribution in [0.25, 0.3) is 0 Å². The van der Waals surface area contributed by atoms with Crippen LogP contribution in [0.1, 0.15) is 12.0 Å². The Kier molecular flexibility index (Phi) is 3.10. The number of hydrogen-bond acceptors (Lipinski definition) is 4. The molecule has 0 radical (unpaired) electrons. The Hall–Kier alpha value is -2.29. The molecule has 1 saturated heterocycles. The van der Waals surface area contributed by atoms with Crippen LogP contribution in [0.4, 0.5) is 10.6 Å². The van der Waals surface area contributed by atoms with Gasteiger partial charge in [0.1, 0.15) is 11.9 Å². The third-order valence-electron chi connectivity index (χ3n) is 2.72. The minimum atomic E-state index is -0.996. The summed E-state index contributed by atoms with van der Waals surface area (Å²) in [7, 11) is 0. The number of nitrogens with one attached hydrogen (secondary N) is 1. The maximum absolute atomic E-state index is 10.5. The Bertz CT molecular complexity index is 452. The quantitative estimate of drug-likeness (QED) is 0.787. The highest BCUT2D eigenvalue weighted by Crippen LogP contribution is 2.17. The summed E-state index contributed by atoms with van der Waals surface area (Å²) in [6.45, 7) is 1.38. The van der Waals surface area contributed by atoms with Gasteiger partial charge in [0.2, 0.25) is 0 Å². The van der Waals surface area contributed by atoms with Gasteiger partial charge < -0.3 is 15.3 Å². The molecule has 17 heavy (non-hydrogen) atoms. The number of nitriles is 1. The SMILES string of the molecule is N#Cc1ccc(N2CCC(NC(=O)O)C2)nc1. The van der Waals surface area contributed by atoms with Crippen molar-refractivity contribution in [2.75, 3.05) is 18.0 Å². The highest BCUT2D eigenvalue weighted by atomic mass is 16.4. The fourth-order valence-corrected chi connectivity index (χ4v) is 1.90. The average Bonchev–Trinajstić information content (AvgIpc) is 2.77. The molecule has 0 aliphatic carbocycles. The van der Waals surface area contributed by atoms with Crippen LogP contribution in [0.2, 0.25) is 0 Å². The fraction of sp³-hybridized carbons (Fsp3) is 0.364. The molecular weight excluding hydrogens is 220 g/mol. The average molecular weight is 232 g/mol. The molecule has 1 aromatic heterocycles. The topological polar surface area (TPSA) is 89.2 Å². The van der Waals surface area contributed by atoms with E-state index in [0.29, 0.717) is 12.1 Å². The lowest BCUT2D eigenvalue weighted by Crippen LogP contribution is -2.36. The van der Waals surface area contributed by atoms with Gasteiger partial charge in [-0.15, -0.1) is 0 Å². The van der Waals surface area contributed by atoms with Gasteiger partial charge in [-0.2, -0.15) is 5.26 Å². The predicted molar refractivity (Wildman–Crippen MR) is 60.7 cm³/mol. The van der Waals surface area contributed by atoms with Gasteiger partial charge in [0, 0.05) is 19.3 Å². The standard InChI is InChI=1S/C11H12N4O2/c12-5-8-1-2-10(13-6-8)15-4-3-9(7-15)14-11(16)17/h1-2,6,9,14H,3-4,7H2,(H,16,17). The van der Waals surface area contributed by atoms with E-state index in [0.717, 1.165) is 18.8 Å². The van der Waals surface area contributed by atoms with Gasteiger partial charge in [-0.1, -0.05) is 0 Å². The zero-order valence-electron chi connectivity index (χ0n) is 9.13. The minimum absolute atomic E-state index is 0.0510. The Balaban J connectivity index is 2.00. The lowest BCUT2D eigenvalue weighted by Gasteiger charge is -2.17. The Morgan fingerprint density at radius 2 is 2.47 bits per heavy atom. The van der Waals surface area contributed by atoms with E-state index in [1.165, 1.54) is 6.20 Å². The summed E-state index contributed by atoms with van der Waals surface area (Å²) in [5.41, 5.74) is 0.521. The zero-order valence-corrected chi connectivity index (χ0v) is 9.13. The van der Waals surface area contributed by atoms with Crippen LogP contribution in [0.15, 0.2) is 18.3 Å². The third kappa shape index (κ3) is 2.64. The first-order valence-electron chi connectivity index (χ1n) is 5.29. The molecule has 1 fully saturated rings. The molecule has 6 nitrogen and oxygen atoms in total. The van der Waals surface area contributed by atoms with E-state index in [4.69, 9.17) is 10.4 Å². The molecule has 0 saturated carbocycles. The Morgan fingerprint density at radius 1 is 1.65 bits per heavy atom. The van der Waals surface area contributed by atoms with Crippen molar-refractivity contribution >= 4 is 11.9 Å². The lowest BCUT2D eigenvalue weighted by molar-refractivity contribution is 0.191. The van der Waals surface area contributed by atoms with Crippen molar-refractivity contribution in [2.24, 2.45) is 0 Å². The van der Waals surface area contributed by atoms with Crippen LogP contribution >= 0.6 is 0 Å². The molecule has 2 N–H and O–H groups in total. The van der Waals surface area contributed by atoms with Gasteiger partial charge >= 0.3 is 6.09 Å². The van der Waals surface area contributed by atoms with Gasteiger partial charge in [-0.05, 0) is 18.6 Å². The van der Waals surface area contributed by atoms with Crippen LogP contribution in [0.5, 0.6) is 0 Å². The summed E-state index contributed by atoms with van der Waals surface area (Å²) < 4.78 is 0. The second-order valence-corrected chi connectivity index (χ2v) is 3.90. The first kappa shape index (κ1) is 11.2.